The molecule has 0 N–H and O–H groups in total. The Morgan fingerprint density at radius 2 is 1.84 bits per heavy atom. The van der Waals surface area contributed by atoms with E-state index >= 15 is 0 Å². The lowest BCUT2D eigenvalue weighted by molar-refractivity contribution is -0.156. The second-order valence-corrected chi connectivity index (χ2v) is 13.7. The number of methoxy groups -OCH3 is 1. The fourth-order valence-electron chi connectivity index (χ4n) is 6.93. The monoisotopic (exact) mass is 604 g/mol. The molecule has 2 saturated carbocycles. The van der Waals surface area contributed by atoms with Gasteiger partial charge in [-0.2, -0.15) is 0 Å². The summed E-state index contributed by atoms with van der Waals surface area (Å²) in [7, 11) is 1.32. The summed E-state index contributed by atoms with van der Waals surface area (Å²) in [6.07, 6.45) is 7.09. The summed E-state index contributed by atoms with van der Waals surface area (Å²) in [5, 5.41) is 1.80. The summed E-state index contributed by atoms with van der Waals surface area (Å²) >= 11 is 0. The topological polar surface area (TPSA) is 112 Å². The molecule has 0 spiro atoms. The molecule has 2 aromatic rings. The molecule has 236 valence electrons. The van der Waals surface area contributed by atoms with Gasteiger partial charge in [-0.05, 0) is 61.0 Å². The summed E-state index contributed by atoms with van der Waals surface area (Å²) in [6, 6.07) is 8.81. The molecule has 0 bridgehead atoms. The average Bonchev–Trinajstić information content (AvgIpc) is 3.28. The summed E-state index contributed by atoms with van der Waals surface area (Å²) in [4.78, 5) is 60.2. The number of ketones is 1. The minimum absolute atomic E-state index is 0.0616. The second kappa shape index (κ2) is 12.7. The molecule has 5 rings (SSSR count). The molecule has 2 heterocycles. The molecule has 44 heavy (non-hydrogen) atoms. The van der Waals surface area contributed by atoms with Gasteiger partial charge in [0.15, 0.2) is 5.78 Å². The highest BCUT2D eigenvalue weighted by Gasteiger charge is 2.61. The van der Waals surface area contributed by atoms with Crippen molar-refractivity contribution in [2.45, 2.75) is 90.4 Å². The Balaban J connectivity index is 1.41. The molecule has 1 saturated heterocycles. The van der Waals surface area contributed by atoms with Crippen molar-refractivity contribution in [3.63, 3.8) is 0 Å². The van der Waals surface area contributed by atoms with E-state index in [0.717, 1.165) is 36.5 Å². The number of benzene rings is 1. The van der Waals surface area contributed by atoms with Crippen LogP contribution in [0.1, 0.15) is 72.1 Å². The van der Waals surface area contributed by atoms with Crippen LogP contribution in [0.5, 0.6) is 5.88 Å². The molecule has 5 atom stereocenters. The first-order chi connectivity index (χ1) is 21.0. The fourth-order valence-corrected chi connectivity index (χ4v) is 6.93. The number of esters is 2. The van der Waals surface area contributed by atoms with Gasteiger partial charge in [-0.1, -0.05) is 45.0 Å². The molecular formula is C35H44N2O7. The van der Waals surface area contributed by atoms with Gasteiger partial charge in [0.05, 0.1) is 37.5 Å². The number of hydrogen-bond acceptors (Lipinski definition) is 8. The van der Waals surface area contributed by atoms with Gasteiger partial charge in [-0.25, -0.2) is 4.98 Å². The smallest absolute Gasteiger partial charge is 0.312 e. The number of nitrogens with zero attached hydrogens (tertiary/aromatic N) is 2. The minimum atomic E-state index is -0.965. The molecule has 1 aliphatic heterocycles. The predicted octanol–water partition coefficient (Wildman–Crippen LogP) is 5.45. The highest BCUT2D eigenvalue weighted by Crippen LogP contribution is 2.57. The Hall–Kier alpha value is -3.75. The summed E-state index contributed by atoms with van der Waals surface area (Å²) in [5.41, 5.74) is -1.54. The van der Waals surface area contributed by atoms with Gasteiger partial charge in [0.1, 0.15) is 12.2 Å². The zero-order chi connectivity index (χ0) is 31.6. The third-order valence-corrected chi connectivity index (χ3v) is 9.65. The summed E-state index contributed by atoms with van der Waals surface area (Å²) in [6.45, 7) is 9.74. The molecule has 3 fully saturated rings. The maximum Gasteiger partial charge on any atom is 0.312 e. The first-order valence-corrected chi connectivity index (χ1v) is 15.7. The van der Waals surface area contributed by atoms with Crippen molar-refractivity contribution in [1.29, 1.82) is 0 Å². The van der Waals surface area contributed by atoms with Crippen LogP contribution in [0, 0.1) is 22.7 Å². The minimum Gasteiger partial charge on any atom is -0.472 e. The van der Waals surface area contributed by atoms with E-state index in [-0.39, 0.29) is 49.5 Å². The first-order valence-electron chi connectivity index (χ1n) is 15.7. The van der Waals surface area contributed by atoms with Crippen molar-refractivity contribution < 1.29 is 33.4 Å². The highest BCUT2D eigenvalue weighted by atomic mass is 16.5. The van der Waals surface area contributed by atoms with E-state index in [2.05, 4.69) is 11.6 Å². The largest absolute Gasteiger partial charge is 0.472 e. The van der Waals surface area contributed by atoms with Crippen molar-refractivity contribution in [1.82, 2.24) is 9.88 Å². The van der Waals surface area contributed by atoms with Crippen LogP contribution in [-0.4, -0.2) is 65.4 Å². The number of ether oxygens (including phenoxy) is 3. The lowest BCUT2D eigenvalue weighted by Gasteiger charge is -2.35. The number of likely N-dealkylation sites (tertiary alicyclic amines) is 1. The van der Waals surface area contributed by atoms with E-state index in [1.54, 1.807) is 17.2 Å². The van der Waals surface area contributed by atoms with Crippen molar-refractivity contribution in [2.24, 2.45) is 22.7 Å². The Morgan fingerprint density at radius 1 is 1.11 bits per heavy atom. The Labute approximate surface area is 259 Å². The van der Waals surface area contributed by atoms with Crippen LogP contribution in [0.4, 0.5) is 0 Å². The van der Waals surface area contributed by atoms with Crippen LogP contribution < -0.4 is 4.74 Å². The number of allylic oxidation sites excluding steroid dienone is 1. The molecule has 3 aliphatic rings. The van der Waals surface area contributed by atoms with Crippen molar-refractivity contribution >= 4 is 34.4 Å². The highest BCUT2D eigenvalue weighted by molar-refractivity contribution is 5.96. The second-order valence-electron chi connectivity index (χ2n) is 13.7. The lowest BCUT2D eigenvalue weighted by atomic mass is 9.77. The molecule has 1 amide bonds. The quantitative estimate of drug-likeness (QED) is 0.246. The normalized spacial score (nSPS) is 25.8. The Morgan fingerprint density at radius 3 is 2.50 bits per heavy atom. The molecule has 0 unspecified atom stereocenters. The van der Waals surface area contributed by atoms with Crippen LogP contribution in [0.2, 0.25) is 0 Å². The van der Waals surface area contributed by atoms with Crippen LogP contribution in [0.3, 0.4) is 0 Å². The Bertz CT molecular complexity index is 1420. The molecule has 1 aromatic heterocycles. The molecule has 0 radical (unpaired) electrons. The molecule has 9 nitrogen and oxygen atoms in total. The zero-order valence-corrected chi connectivity index (χ0v) is 26.3. The standard InChI is InChI=1S/C35H44N2O7/c1-6-23-19-35(23,33(41)42-5)20-29(38)28-17-25(44-31-26-14-10-7-11-22(26)15-16-36-31)21-37(28)32(40)27(34(2,3)4)18-30(39)43-24-12-8-9-13-24/h6-7,10-11,14-16,23-25,27-28H,1,8-9,12-13,17-21H2,2-5H3/t23-,25-,27-,28+,35-/m1/s1. The number of aromatic nitrogens is 1. The average molecular weight is 605 g/mol. The maximum absolute atomic E-state index is 14.4. The van der Waals surface area contributed by atoms with Gasteiger partial charge in [-0.3, -0.25) is 19.2 Å². The lowest BCUT2D eigenvalue weighted by Crippen LogP contribution is -2.48. The SMILES string of the molecule is C=C[C@@H]1C[C@]1(CC(=O)[C@@H]1C[C@@H](Oc2nccc3ccccc23)CN1C(=O)[C@@H](CC(=O)OC1CCCC1)C(C)(C)C)C(=O)OC. The van der Waals surface area contributed by atoms with Gasteiger partial charge in [0, 0.05) is 24.4 Å². The van der Waals surface area contributed by atoms with E-state index in [0.29, 0.717) is 12.3 Å². The van der Waals surface area contributed by atoms with Crippen LogP contribution >= 0.6 is 0 Å². The fraction of sp³-hybridized carbons (Fsp3) is 0.571. The van der Waals surface area contributed by atoms with Crippen LogP contribution in [0.15, 0.2) is 49.2 Å². The van der Waals surface area contributed by atoms with Crippen LogP contribution in [0.25, 0.3) is 10.8 Å². The molecular weight excluding hydrogens is 560 g/mol. The molecule has 1 aromatic carbocycles. The number of rotatable bonds is 11. The van der Waals surface area contributed by atoms with E-state index in [1.165, 1.54) is 7.11 Å². The van der Waals surface area contributed by atoms with Gasteiger partial charge in [0.25, 0.3) is 0 Å². The van der Waals surface area contributed by atoms with Crippen molar-refractivity contribution in [2.75, 3.05) is 13.7 Å². The van der Waals surface area contributed by atoms with E-state index in [9.17, 15) is 19.2 Å². The van der Waals surface area contributed by atoms with E-state index in [4.69, 9.17) is 14.2 Å². The number of carbonyl (C=O) groups is 4. The van der Waals surface area contributed by atoms with Crippen molar-refractivity contribution in [3.05, 3.63) is 49.2 Å². The van der Waals surface area contributed by atoms with E-state index < -0.39 is 40.8 Å². The third kappa shape index (κ3) is 6.52. The number of Topliss-reactive ketones (excluding diaryl/α,β-unsaturated/α-hetero) is 1. The number of carbonyl (C=O) groups excluding carboxylic acids is 4. The number of pyridine rings is 1. The number of fused-ring (bicyclic) bond motifs is 1. The van der Waals surface area contributed by atoms with Gasteiger partial charge < -0.3 is 19.1 Å². The Kier molecular flexibility index (Phi) is 9.14. The number of amides is 1. The van der Waals surface area contributed by atoms with Gasteiger partial charge in [0.2, 0.25) is 11.8 Å². The number of hydrogen-bond donors (Lipinski definition) is 0. The third-order valence-electron chi connectivity index (χ3n) is 9.65. The van der Waals surface area contributed by atoms with Crippen molar-refractivity contribution in [3.8, 4) is 5.88 Å². The van der Waals surface area contributed by atoms with Crippen LogP contribution in [-0.2, 0) is 28.7 Å². The van der Waals surface area contributed by atoms with Gasteiger partial charge in [-0.15, -0.1) is 6.58 Å². The zero-order valence-electron chi connectivity index (χ0n) is 26.3. The predicted molar refractivity (Wildman–Crippen MR) is 165 cm³/mol. The summed E-state index contributed by atoms with van der Waals surface area (Å²) in [5.74, 6) is -1.80. The first kappa shape index (κ1) is 31.7. The molecule has 9 heteroatoms. The van der Waals surface area contributed by atoms with E-state index in [1.807, 2.05) is 51.1 Å². The van der Waals surface area contributed by atoms with Gasteiger partial charge >= 0.3 is 11.9 Å². The summed E-state index contributed by atoms with van der Waals surface area (Å²) < 4.78 is 17.2. The maximum atomic E-state index is 14.4. The molecule has 2 aliphatic carbocycles.